The summed E-state index contributed by atoms with van der Waals surface area (Å²) < 4.78 is 0. The molecule has 2 N–H and O–H groups in total. The van der Waals surface area contributed by atoms with Crippen LogP contribution >= 0.6 is 0 Å². The highest BCUT2D eigenvalue weighted by Crippen LogP contribution is 2.19. The van der Waals surface area contributed by atoms with Crippen molar-refractivity contribution in [3.63, 3.8) is 0 Å². The van der Waals surface area contributed by atoms with Crippen molar-refractivity contribution in [2.45, 2.75) is 12.8 Å². The lowest BCUT2D eigenvalue weighted by Crippen LogP contribution is -2.40. The predicted octanol–water partition coefficient (Wildman–Crippen LogP) is 1.22. The largest absolute Gasteiger partial charge is 0.378 e. The highest BCUT2D eigenvalue weighted by Gasteiger charge is 2.24. The Morgan fingerprint density at radius 3 is 2.84 bits per heavy atom. The van der Waals surface area contributed by atoms with Gasteiger partial charge in [0.1, 0.15) is 0 Å². The van der Waals surface area contributed by atoms with Gasteiger partial charge in [-0.15, -0.1) is 0 Å². The summed E-state index contributed by atoms with van der Waals surface area (Å²) in [6, 6.07) is 7.69. The molecule has 1 heterocycles. The van der Waals surface area contributed by atoms with E-state index in [4.69, 9.17) is 0 Å². The second kappa shape index (κ2) is 5.73. The van der Waals surface area contributed by atoms with Gasteiger partial charge in [-0.2, -0.15) is 0 Å². The molecular weight excluding hydrogens is 242 g/mol. The van der Waals surface area contributed by atoms with E-state index in [0.29, 0.717) is 19.4 Å². The molecule has 0 radical (unpaired) electrons. The molecule has 5 nitrogen and oxygen atoms in total. The molecule has 102 valence electrons. The van der Waals surface area contributed by atoms with Gasteiger partial charge in [0.05, 0.1) is 5.92 Å². The Labute approximate surface area is 113 Å². The number of benzene rings is 1. The fraction of sp³-hybridized carbons (Fsp3) is 0.429. The van der Waals surface area contributed by atoms with Crippen molar-refractivity contribution in [1.29, 1.82) is 0 Å². The Morgan fingerprint density at radius 1 is 1.42 bits per heavy atom. The Morgan fingerprint density at radius 2 is 2.21 bits per heavy atom. The molecule has 2 rings (SSSR count). The van der Waals surface area contributed by atoms with E-state index in [-0.39, 0.29) is 17.7 Å². The lowest BCUT2D eigenvalue weighted by molar-refractivity contribution is -0.126. The number of hydrogen-bond acceptors (Lipinski definition) is 3. The third-order valence-electron chi connectivity index (χ3n) is 3.27. The van der Waals surface area contributed by atoms with Crippen molar-refractivity contribution < 1.29 is 9.59 Å². The molecule has 0 aliphatic carbocycles. The number of nitrogens with one attached hydrogen (secondary N) is 2. The number of rotatable bonds is 3. The third kappa shape index (κ3) is 3.47. The Bertz CT molecular complexity index is 475. The number of carbonyl (C=O) groups is 2. The Hall–Kier alpha value is -2.04. The maximum Gasteiger partial charge on any atom is 0.229 e. The number of nitrogens with zero attached hydrogens (tertiary/aromatic N) is 1. The van der Waals surface area contributed by atoms with Crippen LogP contribution in [-0.4, -0.2) is 32.5 Å². The summed E-state index contributed by atoms with van der Waals surface area (Å²) in [7, 11) is 3.91. The molecule has 19 heavy (non-hydrogen) atoms. The lowest BCUT2D eigenvalue weighted by atomic mass is 9.98. The van der Waals surface area contributed by atoms with Crippen molar-refractivity contribution in [3.8, 4) is 0 Å². The van der Waals surface area contributed by atoms with E-state index < -0.39 is 0 Å². The van der Waals surface area contributed by atoms with E-state index >= 15 is 0 Å². The highest BCUT2D eigenvalue weighted by molar-refractivity contribution is 5.94. The molecule has 1 fully saturated rings. The quantitative estimate of drug-likeness (QED) is 0.860. The van der Waals surface area contributed by atoms with Crippen LogP contribution in [-0.2, 0) is 9.59 Å². The van der Waals surface area contributed by atoms with Gasteiger partial charge >= 0.3 is 0 Å². The zero-order valence-electron chi connectivity index (χ0n) is 11.3. The maximum absolute atomic E-state index is 12.1. The van der Waals surface area contributed by atoms with Crippen molar-refractivity contribution in [2.75, 3.05) is 30.9 Å². The Kier molecular flexibility index (Phi) is 4.04. The van der Waals surface area contributed by atoms with Gasteiger partial charge in [0.25, 0.3) is 0 Å². The van der Waals surface area contributed by atoms with Crippen LogP contribution in [0.1, 0.15) is 12.8 Å². The summed E-state index contributed by atoms with van der Waals surface area (Å²) >= 11 is 0. The number of carbonyl (C=O) groups excluding carboxylic acids is 2. The number of amides is 2. The minimum absolute atomic E-state index is 0.0265. The van der Waals surface area contributed by atoms with Crippen molar-refractivity contribution in [2.24, 2.45) is 5.92 Å². The van der Waals surface area contributed by atoms with Crippen LogP contribution in [0.25, 0.3) is 0 Å². The fourth-order valence-corrected chi connectivity index (χ4v) is 2.06. The summed E-state index contributed by atoms with van der Waals surface area (Å²) in [6.07, 6.45) is 1.04. The molecule has 1 aromatic carbocycles. The first-order chi connectivity index (χ1) is 9.06. The summed E-state index contributed by atoms with van der Waals surface area (Å²) in [5.74, 6) is -0.143. The molecule has 0 saturated carbocycles. The second-order valence-electron chi connectivity index (χ2n) is 4.97. The van der Waals surface area contributed by atoms with Gasteiger partial charge in [0.15, 0.2) is 0 Å². The molecule has 1 saturated heterocycles. The molecule has 1 aromatic rings. The normalized spacial score (nSPS) is 18.6. The monoisotopic (exact) mass is 261 g/mol. The SMILES string of the molecule is CN(C)c1cccc(NC(=O)C2CCC(=O)NC2)c1. The first kappa shape index (κ1) is 13.4. The molecular formula is C14H19N3O2. The topological polar surface area (TPSA) is 61.4 Å². The smallest absolute Gasteiger partial charge is 0.229 e. The molecule has 1 aliphatic rings. The van der Waals surface area contributed by atoms with Gasteiger partial charge in [-0.3, -0.25) is 9.59 Å². The zero-order chi connectivity index (χ0) is 13.8. The maximum atomic E-state index is 12.1. The van der Waals surface area contributed by atoms with Crippen molar-refractivity contribution in [1.82, 2.24) is 5.32 Å². The van der Waals surface area contributed by atoms with E-state index in [0.717, 1.165) is 11.4 Å². The molecule has 1 unspecified atom stereocenters. The molecule has 0 bridgehead atoms. The average molecular weight is 261 g/mol. The average Bonchev–Trinajstić information content (AvgIpc) is 2.39. The van der Waals surface area contributed by atoms with Gasteiger partial charge in [-0.05, 0) is 24.6 Å². The Balaban J connectivity index is 1.98. The molecule has 1 aliphatic heterocycles. The van der Waals surface area contributed by atoms with E-state index in [1.54, 1.807) is 0 Å². The number of anilines is 2. The second-order valence-corrected chi connectivity index (χ2v) is 4.97. The van der Waals surface area contributed by atoms with Crippen molar-refractivity contribution >= 4 is 23.2 Å². The summed E-state index contributed by atoms with van der Waals surface area (Å²) in [6.45, 7) is 0.429. The van der Waals surface area contributed by atoms with Gasteiger partial charge in [0, 0.05) is 38.4 Å². The standard InChI is InChI=1S/C14H19N3O2/c1-17(2)12-5-3-4-11(8-12)16-14(19)10-6-7-13(18)15-9-10/h3-5,8,10H,6-7,9H2,1-2H3,(H,15,18)(H,16,19). The van der Waals surface area contributed by atoms with Crippen LogP contribution < -0.4 is 15.5 Å². The zero-order valence-corrected chi connectivity index (χ0v) is 11.3. The van der Waals surface area contributed by atoms with Crippen LogP contribution in [0, 0.1) is 5.92 Å². The van der Waals surface area contributed by atoms with E-state index in [1.165, 1.54) is 0 Å². The summed E-state index contributed by atoms with van der Waals surface area (Å²) in [5.41, 5.74) is 1.82. The highest BCUT2D eigenvalue weighted by atomic mass is 16.2. The first-order valence-corrected chi connectivity index (χ1v) is 6.41. The number of hydrogen-bond donors (Lipinski definition) is 2. The minimum Gasteiger partial charge on any atom is -0.378 e. The van der Waals surface area contributed by atoms with Crippen LogP contribution in [0.5, 0.6) is 0 Å². The van der Waals surface area contributed by atoms with Crippen LogP contribution in [0.2, 0.25) is 0 Å². The third-order valence-corrected chi connectivity index (χ3v) is 3.27. The number of piperidine rings is 1. The van der Waals surface area contributed by atoms with E-state index in [9.17, 15) is 9.59 Å². The summed E-state index contributed by atoms with van der Waals surface area (Å²) in [4.78, 5) is 25.1. The summed E-state index contributed by atoms with van der Waals surface area (Å²) in [5, 5.41) is 5.63. The van der Waals surface area contributed by atoms with Gasteiger partial charge in [-0.1, -0.05) is 6.07 Å². The van der Waals surface area contributed by atoms with Crippen LogP contribution in [0.4, 0.5) is 11.4 Å². The predicted molar refractivity (Wildman–Crippen MR) is 75.1 cm³/mol. The molecule has 0 spiro atoms. The van der Waals surface area contributed by atoms with Crippen LogP contribution in [0.3, 0.4) is 0 Å². The van der Waals surface area contributed by atoms with E-state index in [1.807, 2.05) is 43.3 Å². The molecule has 1 atom stereocenters. The van der Waals surface area contributed by atoms with Crippen molar-refractivity contribution in [3.05, 3.63) is 24.3 Å². The molecule has 2 amide bonds. The van der Waals surface area contributed by atoms with Gasteiger partial charge < -0.3 is 15.5 Å². The van der Waals surface area contributed by atoms with Crippen LogP contribution in [0.15, 0.2) is 24.3 Å². The van der Waals surface area contributed by atoms with Gasteiger partial charge in [-0.25, -0.2) is 0 Å². The fourth-order valence-electron chi connectivity index (χ4n) is 2.06. The minimum atomic E-state index is -0.138. The molecule has 0 aromatic heterocycles. The van der Waals surface area contributed by atoms with E-state index in [2.05, 4.69) is 10.6 Å². The lowest BCUT2D eigenvalue weighted by Gasteiger charge is -2.22. The first-order valence-electron chi connectivity index (χ1n) is 6.41. The van der Waals surface area contributed by atoms with Gasteiger partial charge in [0.2, 0.25) is 11.8 Å². The molecule has 5 heteroatoms.